The van der Waals surface area contributed by atoms with Crippen LogP contribution in [0.15, 0.2) is 29.3 Å². The number of nitrogens with two attached hydrogens (primary N) is 1. The van der Waals surface area contributed by atoms with E-state index < -0.39 is 0 Å². The number of pyridine rings is 1. The molecule has 0 fully saturated rings. The zero-order chi connectivity index (χ0) is 12.3. The van der Waals surface area contributed by atoms with Crippen LogP contribution in [0.25, 0.3) is 0 Å². The molecule has 7 nitrogen and oxygen atoms in total. The summed E-state index contributed by atoms with van der Waals surface area (Å²) in [4.78, 5) is 21.7. The summed E-state index contributed by atoms with van der Waals surface area (Å²) in [7, 11) is 1.54. The molecule has 0 spiro atoms. The Hall–Kier alpha value is -2.57. The molecule has 2 rings (SSSR count). The van der Waals surface area contributed by atoms with Crippen molar-refractivity contribution < 1.29 is 4.74 Å². The van der Waals surface area contributed by atoms with Gasteiger partial charge < -0.3 is 15.8 Å². The summed E-state index contributed by atoms with van der Waals surface area (Å²) in [6.45, 7) is 0. The fourth-order valence-corrected chi connectivity index (χ4v) is 1.18. The van der Waals surface area contributed by atoms with Crippen LogP contribution in [0.2, 0.25) is 0 Å². The maximum atomic E-state index is 11.2. The zero-order valence-electron chi connectivity index (χ0n) is 9.10. The highest BCUT2D eigenvalue weighted by Crippen LogP contribution is 2.13. The Morgan fingerprint density at radius 3 is 2.76 bits per heavy atom. The average Bonchev–Trinajstić information content (AvgIpc) is 2.35. The van der Waals surface area contributed by atoms with E-state index in [1.54, 1.807) is 18.3 Å². The van der Waals surface area contributed by atoms with Crippen molar-refractivity contribution >= 4 is 17.3 Å². The lowest BCUT2D eigenvalue weighted by Crippen LogP contribution is -2.14. The van der Waals surface area contributed by atoms with E-state index in [-0.39, 0.29) is 11.2 Å². The minimum absolute atomic E-state index is 0.0726. The van der Waals surface area contributed by atoms with E-state index in [1.807, 2.05) is 0 Å². The van der Waals surface area contributed by atoms with Gasteiger partial charge in [-0.1, -0.05) is 0 Å². The smallest absolute Gasteiger partial charge is 0.275 e. The minimum atomic E-state index is -0.385. The van der Waals surface area contributed by atoms with Gasteiger partial charge in [0.25, 0.3) is 5.56 Å². The lowest BCUT2D eigenvalue weighted by Gasteiger charge is -2.05. The number of nitrogens with one attached hydrogen (secondary N) is 2. The number of aromatic amines is 1. The molecule has 0 radical (unpaired) electrons. The third-order valence-corrected chi connectivity index (χ3v) is 2.04. The number of nitrogens with zero attached hydrogens (tertiary/aromatic N) is 2. The van der Waals surface area contributed by atoms with Crippen molar-refractivity contribution in [3.8, 4) is 5.88 Å². The van der Waals surface area contributed by atoms with E-state index in [0.29, 0.717) is 17.5 Å². The average molecular weight is 233 g/mol. The summed E-state index contributed by atoms with van der Waals surface area (Å²) in [6, 6.07) is 3.44. The number of methoxy groups -OCH3 is 1. The Morgan fingerprint density at radius 1 is 1.35 bits per heavy atom. The quantitative estimate of drug-likeness (QED) is 0.712. The summed E-state index contributed by atoms with van der Waals surface area (Å²) in [5.41, 5.74) is 5.72. The highest BCUT2D eigenvalue weighted by Gasteiger charge is 2.00. The van der Waals surface area contributed by atoms with Gasteiger partial charge in [-0.25, -0.2) is 9.97 Å². The third-order valence-electron chi connectivity index (χ3n) is 2.04. The first-order valence-electron chi connectivity index (χ1n) is 4.81. The van der Waals surface area contributed by atoms with Crippen LogP contribution in [0, 0.1) is 0 Å². The van der Waals surface area contributed by atoms with Gasteiger partial charge in [0.05, 0.1) is 25.2 Å². The number of hydrogen-bond acceptors (Lipinski definition) is 6. The molecule has 0 amide bonds. The van der Waals surface area contributed by atoms with Gasteiger partial charge in [-0.3, -0.25) is 9.78 Å². The fraction of sp³-hybridized carbons (Fsp3) is 0.100. The van der Waals surface area contributed by atoms with E-state index in [2.05, 4.69) is 20.3 Å². The van der Waals surface area contributed by atoms with Crippen LogP contribution < -0.4 is 21.3 Å². The first-order chi connectivity index (χ1) is 8.19. The maximum Gasteiger partial charge on any atom is 0.275 e. The van der Waals surface area contributed by atoms with Crippen molar-refractivity contribution in [1.82, 2.24) is 15.0 Å². The van der Waals surface area contributed by atoms with Gasteiger partial charge in [0, 0.05) is 6.07 Å². The minimum Gasteiger partial charge on any atom is -0.481 e. The van der Waals surface area contributed by atoms with Gasteiger partial charge in [0.2, 0.25) is 11.8 Å². The SMILES string of the molecule is COc1ccc(Nc2ncc(N)c(=O)[nH]2)cn1. The molecule has 0 atom stereocenters. The van der Waals surface area contributed by atoms with Crippen molar-refractivity contribution in [1.29, 1.82) is 0 Å². The summed E-state index contributed by atoms with van der Waals surface area (Å²) in [5.74, 6) is 0.811. The lowest BCUT2D eigenvalue weighted by molar-refractivity contribution is 0.398. The van der Waals surface area contributed by atoms with Crippen molar-refractivity contribution in [3.63, 3.8) is 0 Å². The number of hydrogen-bond donors (Lipinski definition) is 3. The van der Waals surface area contributed by atoms with Gasteiger partial charge >= 0.3 is 0 Å². The molecule has 17 heavy (non-hydrogen) atoms. The Balaban J connectivity index is 2.19. The Labute approximate surface area is 96.7 Å². The number of rotatable bonds is 3. The molecule has 4 N–H and O–H groups in total. The molecule has 0 bridgehead atoms. The summed E-state index contributed by atoms with van der Waals surface area (Å²) in [5, 5.41) is 2.88. The Morgan fingerprint density at radius 2 is 2.18 bits per heavy atom. The van der Waals surface area contributed by atoms with Gasteiger partial charge in [0.1, 0.15) is 5.69 Å². The van der Waals surface area contributed by atoms with Crippen LogP contribution in [0.3, 0.4) is 0 Å². The third kappa shape index (κ3) is 2.51. The predicted octanol–water partition coefficient (Wildman–Crippen LogP) is 0.499. The van der Waals surface area contributed by atoms with Crippen LogP contribution in [0.5, 0.6) is 5.88 Å². The molecule has 2 aromatic heterocycles. The molecular formula is C10H11N5O2. The Bertz CT molecular complexity index is 564. The standard InChI is InChI=1S/C10H11N5O2/c1-17-8-3-2-6(4-12-8)14-10-13-5-7(11)9(16)15-10/h2-5H,11H2,1H3,(H2,13,14,15,16). The molecule has 0 saturated heterocycles. The normalized spacial score (nSPS) is 9.94. The van der Waals surface area contributed by atoms with Crippen LogP contribution in [-0.2, 0) is 0 Å². The van der Waals surface area contributed by atoms with E-state index >= 15 is 0 Å². The van der Waals surface area contributed by atoms with E-state index in [4.69, 9.17) is 10.5 Å². The molecule has 2 aromatic rings. The maximum absolute atomic E-state index is 11.2. The van der Waals surface area contributed by atoms with Crippen LogP contribution >= 0.6 is 0 Å². The van der Waals surface area contributed by atoms with Crippen molar-refractivity contribution in [2.24, 2.45) is 0 Å². The largest absolute Gasteiger partial charge is 0.481 e. The summed E-state index contributed by atoms with van der Waals surface area (Å²) < 4.78 is 4.93. The molecule has 0 aliphatic heterocycles. The topological polar surface area (TPSA) is 106 Å². The lowest BCUT2D eigenvalue weighted by atomic mass is 10.4. The van der Waals surface area contributed by atoms with Crippen LogP contribution in [0.1, 0.15) is 0 Å². The van der Waals surface area contributed by atoms with Gasteiger partial charge in [0.15, 0.2) is 0 Å². The van der Waals surface area contributed by atoms with Gasteiger partial charge in [-0.05, 0) is 6.07 Å². The first-order valence-corrected chi connectivity index (χ1v) is 4.81. The molecular weight excluding hydrogens is 222 g/mol. The number of H-pyrrole nitrogens is 1. The number of nitrogen functional groups attached to an aromatic ring is 1. The molecule has 0 aliphatic rings. The number of ether oxygens (including phenoxy) is 1. The second-order valence-electron chi connectivity index (χ2n) is 3.23. The van der Waals surface area contributed by atoms with Gasteiger partial charge in [-0.15, -0.1) is 0 Å². The molecule has 2 heterocycles. The monoisotopic (exact) mass is 233 g/mol. The van der Waals surface area contributed by atoms with E-state index in [9.17, 15) is 4.79 Å². The number of aromatic nitrogens is 3. The Kier molecular flexibility index (Phi) is 2.91. The zero-order valence-corrected chi connectivity index (χ0v) is 9.10. The van der Waals surface area contributed by atoms with Crippen LogP contribution in [0.4, 0.5) is 17.3 Å². The summed E-state index contributed by atoms with van der Waals surface area (Å²) >= 11 is 0. The molecule has 0 aromatic carbocycles. The first kappa shape index (κ1) is 10.9. The van der Waals surface area contributed by atoms with Crippen molar-refractivity contribution in [3.05, 3.63) is 34.9 Å². The van der Waals surface area contributed by atoms with Crippen molar-refractivity contribution in [2.75, 3.05) is 18.2 Å². The van der Waals surface area contributed by atoms with Crippen molar-refractivity contribution in [2.45, 2.75) is 0 Å². The van der Waals surface area contributed by atoms with E-state index in [0.717, 1.165) is 0 Å². The molecule has 0 saturated carbocycles. The number of anilines is 3. The molecule has 7 heteroatoms. The molecule has 0 unspecified atom stereocenters. The summed E-state index contributed by atoms with van der Waals surface area (Å²) in [6.07, 6.45) is 2.85. The second-order valence-corrected chi connectivity index (χ2v) is 3.23. The highest BCUT2D eigenvalue weighted by molar-refractivity contribution is 5.52. The van der Waals surface area contributed by atoms with Crippen LogP contribution in [-0.4, -0.2) is 22.1 Å². The fourth-order valence-electron chi connectivity index (χ4n) is 1.18. The van der Waals surface area contributed by atoms with E-state index in [1.165, 1.54) is 13.3 Å². The predicted molar refractivity (Wildman–Crippen MR) is 63.3 cm³/mol. The second kappa shape index (κ2) is 4.52. The van der Waals surface area contributed by atoms with Gasteiger partial charge in [-0.2, -0.15) is 0 Å². The molecule has 0 aliphatic carbocycles. The molecule has 88 valence electrons. The highest BCUT2D eigenvalue weighted by atomic mass is 16.5.